The van der Waals surface area contributed by atoms with Gasteiger partial charge in [-0.15, -0.1) is 0 Å². The maximum Gasteiger partial charge on any atom is -0.000655 e. The molecule has 2 saturated heterocycles. The van der Waals surface area contributed by atoms with Crippen LogP contribution in [0.15, 0.2) is 0 Å². The fourth-order valence-corrected chi connectivity index (χ4v) is 3.06. The Balaban J connectivity index is 1.90. The van der Waals surface area contributed by atoms with Crippen molar-refractivity contribution in [3.63, 3.8) is 0 Å². The molecule has 16 heavy (non-hydrogen) atoms. The number of hydrogen-bond acceptors (Lipinski definition) is 2. The van der Waals surface area contributed by atoms with Gasteiger partial charge in [0.05, 0.1) is 0 Å². The largest absolute Gasteiger partial charge is 0.303 e. The summed E-state index contributed by atoms with van der Waals surface area (Å²) in [5, 5.41) is 0. The SMILES string of the molecule is C1CCCN2CCCCCN(CC1)CCC2. The van der Waals surface area contributed by atoms with Gasteiger partial charge < -0.3 is 9.80 Å². The third-order valence-electron chi connectivity index (χ3n) is 4.10. The highest BCUT2D eigenvalue weighted by Crippen LogP contribution is 2.11. The van der Waals surface area contributed by atoms with Gasteiger partial charge in [-0.3, -0.25) is 0 Å². The van der Waals surface area contributed by atoms with Crippen LogP contribution in [-0.4, -0.2) is 49.1 Å². The average molecular weight is 224 g/mol. The zero-order valence-electron chi connectivity index (χ0n) is 10.8. The number of fused-ring (bicyclic) bond motifs is 4. The van der Waals surface area contributed by atoms with Crippen LogP contribution in [0.5, 0.6) is 0 Å². The predicted octanol–water partition coefficient (Wildman–Crippen LogP) is 2.74. The molecule has 2 aliphatic heterocycles. The van der Waals surface area contributed by atoms with Crippen LogP contribution >= 0.6 is 0 Å². The Morgan fingerprint density at radius 2 is 0.625 bits per heavy atom. The molecule has 0 amide bonds. The van der Waals surface area contributed by atoms with Crippen molar-refractivity contribution in [1.29, 1.82) is 0 Å². The molecule has 2 fully saturated rings. The monoisotopic (exact) mass is 224 g/mol. The van der Waals surface area contributed by atoms with Crippen molar-refractivity contribution >= 4 is 0 Å². The second-order valence-corrected chi connectivity index (χ2v) is 5.51. The van der Waals surface area contributed by atoms with E-state index in [9.17, 15) is 0 Å². The first-order valence-corrected chi connectivity index (χ1v) is 7.40. The maximum absolute atomic E-state index is 2.72. The van der Waals surface area contributed by atoms with Gasteiger partial charge in [0.2, 0.25) is 0 Å². The summed E-state index contributed by atoms with van der Waals surface area (Å²) in [6.07, 6.45) is 11.4. The van der Waals surface area contributed by atoms with Crippen molar-refractivity contribution in [2.75, 3.05) is 39.3 Å². The molecule has 2 aliphatic rings. The minimum absolute atomic E-state index is 1.34. The number of hydrogen-bond donors (Lipinski definition) is 0. The molecule has 0 radical (unpaired) electrons. The molecule has 2 rings (SSSR count). The average Bonchev–Trinajstić information content (AvgIpc) is 2.34. The van der Waals surface area contributed by atoms with Crippen molar-refractivity contribution in [3.8, 4) is 0 Å². The Kier molecular flexibility index (Phi) is 5.64. The summed E-state index contributed by atoms with van der Waals surface area (Å²) in [6.45, 7) is 8.13. The van der Waals surface area contributed by atoms with E-state index in [1.54, 1.807) is 0 Å². The zero-order valence-corrected chi connectivity index (χ0v) is 10.8. The molecule has 0 aromatic rings. The molecule has 0 N–H and O–H groups in total. The Bertz CT molecular complexity index is 164. The molecule has 0 aliphatic carbocycles. The molecule has 2 heterocycles. The summed E-state index contributed by atoms with van der Waals surface area (Å²) in [4.78, 5) is 5.43. The second kappa shape index (κ2) is 7.29. The highest BCUT2D eigenvalue weighted by Gasteiger charge is 2.11. The summed E-state index contributed by atoms with van der Waals surface area (Å²) >= 11 is 0. The summed E-state index contributed by atoms with van der Waals surface area (Å²) in [5.41, 5.74) is 0. The topological polar surface area (TPSA) is 6.48 Å². The molecule has 0 saturated carbocycles. The Morgan fingerprint density at radius 3 is 1.06 bits per heavy atom. The summed E-state index contributed by atoms with van der Waals surface area (Å²) < 4.78 is 0. The van der Waals surface area contributed by atoms with Gasteiger partial charge in [-0.1, -0.05) is 19.3 Å². The minimum atomic E-state index is 1.34. The van der Waals surface area contributed by atoms with Crippen molar-refractivity contribution in [3.05, 3.63) is 0 Å². The Morgan fingerprint density at radius 1 is 0.312 bits per heavy atom. The van der Waals surface area contributed by atoms with Gasteiger partial charge >= 0.3 is 0 Å². The lowest BCUT2D eigenvalue weighted by Gasteiger charge is -2.27. The van der Waals surface area contributed by atoms with Crippen LogP contribution in [0.25, 0.3) is 0 Å². The standard InChI is InChI=1S/C14H28N2/c1-2-5-10-16-12-7-3-6-11-15(9-4-1)13-8-14-16/h1-14H2. The first-order chi connectivity index (χ1) is 7.95. The second-order valence-electron chi connectivity index (χ2n) is 5.51. The van der Waals surface area contributed by atoms with Gasteiger partial charge in [0, 0.05) is 0 Å². The molecule has 2 unspecified atom stereocenters. The van der Waals surface area contributed by atoms with Crippen LogP contribution in [0.2, 0.25) is 0 Å². The lowest BCUT2D eigenvalue weighted by atomic mass is 10.2. The van der Waals surface area contributed by atoms with E-state index in [0.29, 0.717) is 0 Å². The molecular weight excluding hydrogens is 196 g/mol. The fraction of sp³-hybridized carbons (Fsp3) is 1.00. The van der Waals surface area contributed by atoms with Crippen LogP contribution in [0.4, 0.5) is 0 Å². The van der Waals surface area contributed by atoms with Gasteiger partial charge in [-0.05, 0) is 71.4 Å². The summed E-state index contributed by atoms with van der Waals surface area (Å²) in [6, 6.07) is 0. The lowest BCUT2D eigenvalue weighted by Crippen LogP contribution is -2.33. The smallest absolute Gasteiger partial charge is 0.000655 e. The van der Waals surface area contributed by atoms with Crippen LogP contribution in [-0.2, 0) is 0 Å². The fourth-order valence-electron chi connectivity index (χ4n) is 3.06. The van der Waals surface area contributed by atoms with E-state index in [4.69, 9.17) is 0 Å². The van der Waals surface area contributed by atoms with Gasteiger partial charge in [0.25, 0.3) is 0 Å². The van der Waals surface area contributed by atoms with E-state index in [0.717, 1.165) is 0 Å². The van der Waals surface area contributed by atoms with E-state index in [-0.39, 0.29) is 0 Å². The van der Waals surface area contributed by atoms with Crippen LogP contribution < -0.4 is 0 Å². The van der Waals surface area contributed by atoms with Gasteiger partial charge in [0.1, 0.15) is 0 Å². The maximum atomic E-state index is 2.72. The highest BCUT2D eigenvalue weighted by molar-refractivity contribution is 4.67. The predicted molar refractivity (Wildman–Crippen MR) is 69.8 cm³/mol. The number of rotatable bonds is 0. The molecule has 2 atom stereocenters. The van der Waals surface area contributed by atoms with Crippen molar-refractivity contribution < 1.29 is 0 Å². The van der Waals surface area contributed by atoms with Gasteiger partial charge in [0.15, 0.2) is 0 Å². The van der Waals surface area contributed by atoms with E-state index in [1.807, 2.05) is 0 Å². The quantitative estimate of drug-likeness (QED) is 0.624. The first-order valence-electron chi connectivity index (χ1n) is 7.40. The summed E-state index contributed by atoms with van der Waals surface area (Å²) in [5.74, 6) is 0. The molecule has 2 bridgehead atoms. The Labute approximate surface area is 101 Å². The van der Waals surface area contributed by atoms with E-state index < -0.39 is 0 Å². The molecule has 94 valence electrons. The normalized spacial score (nSPS) is 34.5. The van der Waals surface area contributed by atoms with E-state index in [1.165, 1.54) is 90.6 Å². The third kappa shape index (κ3) is 4.42. The highest BCUT2D eigenvalue weighted by atomic mass is 15.1. The lowest BCUT2D eigenvalue weighted by molar-refractivity contribution is 0.210. The van der Waals surface area contributed by atoms with Crippen LogP contribution in [0, 0.1) is 0 Å². The number of nitrogens with zero attached hydrogens (tertiary/aromatic N) is 2. The van der Waals surface area contributed by atoms with Gasteiger partial charge in [-0.2, -0.15) is 0 Å². The van der Waals surface area contributed by atoms with Crippen LogP contribution in [0.3, 0.4) is 0 Å². The first kappa shape index (κ1) is 12.4. The Hall–Kier alpha value is -0.0800. The van der Waals surface area contributed by atoms with E-state index >= 15 is 0 Å². The molecule has 0 aromatic carbocycles. The molecule has 0 aromatic heterocycles. The molecular formula is C14H28N2. The third-order valence-corrected chi connectivity index (χ3v) is 4.10. The summed E-state index contributed by atoms with van der Waals surface area (Å²) in [7, 11) is 0. The van der Waals surface area contributed by atoms with E-state index in [2.05, 4.69) is 9.80 Å². The minimum Gasteiger partial charge on any atom is -0.303 e. The molecule has 0 spiro atoms. The molecule has 2 nitrogen and oxygen atoms in total. The molecule has 2 heteroatoms. The van der Waals surface area contributed by atoms with Crippen molar-refractivity contribution in [2.45, 2.75) is 51.4 Å². The van der Waals surface area contributed by atoms with Gasteiger partial charge in [-0.25, -0.2) is 0 Å². The van der Waals surface area contributed by atoms with Crippen molar-refractivity contribution in [1.82, 2.24) is 9.80 Å². The van der Waals surface area contributed by atoms with Crippen LogP contribution in [0.1, 0.15) is 51.4 Å². The zero-order chi connectivity index (χ0) is 11.1. The van der Waals surface area contributed by atoms with Crippen molar-refractivity contribution in [2.24, 2.45) is 0 Å².